The minimum absolute atomic E-state index is 0.0223. The molecule has 0 spiro atoms. The van der Waals surface area contributed by atoms with E-state index in [0.29, 0.717) is 33.1 Å². The van der Waals surface area contributed by atoms with E-state index in [1.165, 1.54) is 17.3 Å². The molecule has 2 aromatic carbocycles. The van der Waals surface area contributed by atoms with E-state index >= 15 is 0 Å². The fraction of sp³-hybridized carbons (Fsp3) is 0.263. The van der Waals surface area contributed by atoms with Gasteiger partial charge in [0.1, 0.15) is 10.1 Å². The molecule has 0 bridgehead atoms. The highest BCUT2D eigenvalue weighted by Gasteiger charge is 2.37. The van der Waals surface area contributed by atoms with Gasteiger partial charge in [-0.15, -0.1) is 0 Å². The van der Waals surface area contributed by atoms with Gasteiger partial charge in [0.15, 0.2) is 0 Å². The molecule has 0 radical (unpaired) electrons. The summed E-state index contributed by atoms with van der Waals surface area (Å²) in [6, 6.07) is 13.5. The van der Waals surface area contributed by atoms with Crippen LogP contribution >= 0.6 is 47.2 Å². The molecule has 0 aliphatic carbocycles. The first kappa shape index (κ1) is 19.5. The maximum absolute atomic E-state index is 12.8. The molecule has 1 fully saturated rings. The fourth-order valence-electron chi connectivity index (χ4n) is 2.91. The van der Waals surface area contributed by atoms with Gasteiger partial charge in [-0.1, -0.05) is 77.5 Å². The molecule has 1 heterocycles. The molecule has 2 aromatic rings. The lowest BCUT2D eigenvalue weighted by atomic mass is 10.1. The quantitative estimate of drug-likeness (QED) is 0.607. The number of ether oxygens (including phenoxy) is 1. The third-order valence-electron chi connectivity index (χ3n) is 4.17. The molecule has 7 heteroatoms. The van der Waals surface area contributed by atoms with Crippen LogP contribution in [0.15, 0.2) is 42.5 Å². The van der Waals surface area contributed by atoms with Gasteiger partial charge in [-0.3, -0.25) is 9.69 Å². The summed E-state index contributed by atoms with van der Waals surface area (Å²) >= 11 is 19.1. The SMILES string of the molecule is COc1c(Cl)cc(Cl)cc1C[C@H]1SC(=S)N(CCc2ccccc2)C1=O. The van der Waals surface area contributed by atoms with Crippen LogP contribution in [0.5, 0.6) is 5.75 Å². The van der Waals surface area contributed by atoms with E-state index in [9.17, 15) is 4.79 Å². The van der Waals surface area contributed by atoms with Gasteiger partial charge in [0.2, 0.25) is 5.91 Å². The highest BCUT2D eigenvalue weighted by molar-refractivity contribution is 8.24. The summed E-state index contributed by atoms with van der Waals surface area (Å²) in [5.41, 5.74) is 1.99. The van der Waals surface area contributed by atoms with E-state index in [0.717, 1.165) is 12.0 Å². The summed E-state index contributed by atoms with van der Waals surface area (Å²) in [5.74, 6) is 0.576. The van der Waals surface area contributed by atoms with E-state index in [1.807, 2.05) is 30.3 Å². The highest BCUT2D eigenvalue weighted by atomic mass is 35.5. The lowest BCUT2D eigenvalue weighted by molar-refractivity contribution is -0.126. The number of thiocarbonyl (C=S) groups is 1. The summed E-state index contributed by atoms with van der Waals surface area (Å²) in [7, 11) is 1.55. The molecule has 3 rings (SSSR count). The van der Waals surface area contributed by atoms with Gasteiger partial charge >= 0.3 is 0 Å². The van der Waals surface area contributed by atoms with E-state index < -0.39 is 0 Å². The molecular formula is C19H17Cl2NO2S2. The van der Waals surface area contributed by atoms with Crippen molar-refractivity contribution in [2.45, 2.75) is 18.1 Å². The maximum atomic E-state index is 12.8. The standard InChI is InChI=1S/C19H17Cl2NO2S2/c1-24-17-13(9-14(20)11-15(17)21)10-16-18(23)22(19(25)26-16)8-7-12-5-3-2-4-6-12/h2-6,9,11,16H,7-8,10H2,1H3/t16-/m1/s1. The van der Waals surface area contributed by atoms with Crippen LogP contribution < -0.4 is 4.74 Å². The third-order valence-corrected chi connectivity index (χ3v) is 6.25. The second kappa shape index (κ2) is 8.61. The second-order valence-corrected chi connectivity index (χ2v) is 8.56. The number of carbonyl (C=O) groups excluding carboxylic acids is 1. The van der Waals surface area contributed by atoms with Crippen LogP contribution in [0.1, 0.15) is 11.1 Å². The molecule has 0 aromatic heterocycles. The summed E-state index contributed by atoms with van der Waals surface area (Å²) in [6.45, 7) is 0.582. The molecule has 3 nitrogen and oxygen atoms in total. The van der Waals surface area contributed by atoms with Crippen molar-refractivity contribution >= 4 is 57.4 Å². The molecule has 0 saturated carbocycles. The van der Waals surface area contributed by atoms with Gasteiger partial charge in [-0.25, -0.2) is 0 Å². The first-order valence-corrected chi connectivity index (χ1v) is 10.1. The zero-order chi connectivity index (χ0) is 18.7. The molecule has 26 heavy (non-hydrogen) atoms. The van der Waals surface area contributed by atoms with Crippen molar-refractivity contribution in [3.8, 4) is 5.75 Å². The largest absolute Gasteiger partial charge is 0.495 e. The minimum atomic E-state index is -0.290. The van der Waals surface area contributed by atoms with Crippen molar-refractivity contribution in [1.82, 2.24) is 4.90 Å². The van der Waals surface area contributed by atoms with Gasteiger partial charge in [0.25, 0.3) is 0 Å². The number of hydrogen-bond donors (Lipinski definition) is 0. The third kappa shape index (κ3) is 4.34. The Kier molecular flexibility index (Phi) is 6.46. The lowest BCUT2D eigenvalue weighted by Crippen LogP contribution is -2.33. The number of rotatable bonds is 6. The van der Waals surface area contributed by atoms with Crippen molar-refractivity contribution in [3.05, 3.63) is 63.6 Å². The van der Waals surface area contributed by atoms with Gasteiger partial charge in [0.05, 0.1) is 17.4 Å². The molecule has 1 amide bonds. The molecular weight excluding hydrogens is 409 g/mol. The van der Waals surface area contributed by atoms with E-state index in [1.54, 1.807) is 24.1 Å². The summed E-state index contributed by atoms with van der Waals surface area (Å²) in [4.78, 5) is 14.5. The first-order valence-electron chi connectivity index (χ1n) is 8.07. The Balaban J connectivity index is 1.71. The maximum Gasteiger partial charge on any atom is 0.241 e. The number of halogens is 2. The topological polar surface area (TPSA) is 29.5 Å². The summed E-state index contributed by atoms with van der Waals surface area (Å²) < 4.78 is 5.99. The predicted molar refractivity (Wildman–Crippen MR) is 113 cm³/mol. The van der Waals surface area contributed by atoms with Crippen molar-refractivity contribution < 1.29 is 9.53 Å². The van der Waals surface area contributed by atoms with Gasteiger partial charge in [-0.2, -0.15) is 0 Å². The Morgan fingerprint density at radius 3 is 2.65 bits per heavy atom. The van der Waals surface area contributed by atoms with Crippen LogP contribution in [0, 0.1) is 0 Å². The Morgan fingerprint density at radius 1 is 1.23 bits per heavy atom. The Bertz CT molecular complexity index is 830. The van der Waals surface area contributed by atoms with E-state index in [2.05, 4.69) is 0 Å². The van der Waals surface area contributed by atoms with Crippen LogP contribution in [0.25, 0.3) is 0 Å². The zero-order valence-corrected chi connectivity index (χ0v) is 17.2. The minimum Gasteiger partial charge on any atom is -0.495 e. The van der Waals surface area contributed by atoms with Crippen LogP contribution in [0.4, 0.5) is 0 Å². The average molecular weight is 426 g/mol. The number of nitrogens with zero attached hydrogens (tertiary/aromatic N) is 1. The van der Waals surface area contributed by atoms with Crippen LogP contribution in [0.3, 0.4) is 0 Å². The van der Waals surface area contributed by atoms with Gasteiger partial charge < -0.3 is 4.74 Å². The summed E-state index contributed by atoms with van der Waals surface area (Å²) in [6.07, 6.45) is 1.24. The molecule has 0 unspecified atom stereocenters. The normalized spacial score (nSPS) is 17.0. The molecule has 1 aliphatic rings. The van der Waals surface area contributed by atoms with E-state index in [4.69, 9.17) is 40.2 Å². The molecule has 136 valence electrons. The van der Waals surface area contributed by atoms with Crippen molar-refractivity contribution in [2.24, 2.45) is 0 Å². The number of methoxy groups -OCH3 is 1. The fourth-order valence-corrected chi connectivity index (χ4v) is 5.09. The monoisotopic (exact) mass is 425 g/mol. The number of carbonyl (C=O) groups is 1. The molecule has 0 N–H and O–H groups in total. The molecule has 1 saturated heterocycles. The van der Waals surface area contributed by atoms with Crippen LogP contribution in [-0.2, 0) is 17.6 Å². The van der Waals surface area contributed by atoms with Crippen LogP contribution in [-0.4, -0.2) is 34.0 Å². The predicted octanol–water partition coefficient (Wildman–Crippen LogP) is 5.02. The van der Waals surface area contributed by atoms with Gasteiger partial charge in [-0.05, 0) is 36.1 Å². The molecule has 1 aliphatic heterocycles. The second-order valence-electron chi connectivity index (χ2n) is 5.88. The van der Waals surface area contributed by atoms with Crippen molar-refractivity contribution in [3.63, 3.8) is 0 Å². The van der Waals surface area contributed by atoms with Crippen molar-refractivity contribution in [1.29, 1.82) is 0 Å². The Hall–Kier alpha value is -1.27. The number of benzene rings is 2. The number of thioether (sulfide) groups is 1. The van der Waals surface area contributed by atoms with E-state index in [-0.39, 0.29) is 11.2 Å². The Morgan fingerprint density at radius 2 is 1.96 bits per heavy atom. The number of amides is 1. The lowest BCUT2D eigenvalue weighted by Gasteiger charge is -2.16. The Labute approximate surface area is 172 Å². The number of hydrogen-bond acceptors (Lipinski definition) is 4. The zero-order valence-electron chi connectivity index (χ0n) is 14.1. The average Bonchev–Trinajstić information content (AvgIpc) is 2.87. The van der Waals surface area contributed by atoms with Gasteiger partial charge in [0, 0.05) is 11.6 Å². The highest BCUT2D eigenvalue weighted by Crippen LogP contribution is 2.37. The van der Waals surface area contributed by atoms with Crippen molar-refractivity contribution in [2.75, 3.05) is 13.7 Å². The first-order chi connectivity index (χ1) is 12.5. The smallest absolute Gasteiger partial charge is 0.241 e. The summed E-state index contributed by atoms with van der Waals surface area (Å²) in [5, 5.41) is 0.667. The van der Waals surface area contributed by atoms with Crippen LogP contribution in [0.2, 0.25) is 10.0 Å². The molecule has 1 atom stereocenters.